The van der Waals surface area contributed by atoms with E-state index in [1.165, 1.54) is 0 Å². The Morgan fingerprint density at radius 3 is 1.90 bits per heavy atom. The predicted molar refractivity (Wildman–Crippen MR) is 128 cm³/mol. The minimum absolute atomic E-state index is 0.617. The van der Waals surface area contributed by atoms with Crippen LogP contribution in [-0.4, -0.2) is 15.7 Å². The molecule has 4 heteroatoms. The van der Waals surface area contributed by atoms with Crippen molar-refractivity contribution in [2.75, 3.05) is 5.73 Å². The van der Waals surface area contributed by atoms with Crippen molar-refractivity contribution < 1.29 is 0 Å². The van der Waals surface area contributed by atoms with Crippen LogP contribution >= 0.6 is 0 Å². The van der Waals surface area contributed by atoms with Crippen LogP contribution in [0.3, 0.4) is 0 Å². The number of anilines is 1. The van der Waals surface area contributed by atoms with Gasteiger partial charge in [0.25, 0.3) is 0 Å². The summed E-state index contributed by atoms with van der Waals surface area (Å²) in [5.74, 6) is 0. The standard InChI is InChI=1S/C27H20N4/c28-21-15-7-8-16-22(21)29-25(19-11-3-1-4-12-19)27-26(20-13-5-2-6-14-20)30-23-17-9-10-18-24(23)31-27/h1-18H,28H2. The summed E-state index contributed by atoms with van der Waals surface area (Å²) in [5, 5.41) is 0. The van der Waals surface area contributed by atoms with Crippen LogP contribution in [0.15, 0.2) is 114 Å². The molecule has 0 aliphatic rings. The van der Waals surface area contributed by atoms with Gasteiger partial charge in [0.15, 0.2) is 0 Å². The fourth-order valence-electron chi connectivity index (χ4n) is 3.52. The maximum absolute atomic E-state index is 6.22. The minimum atomic E-state index is 0.617. The molecule has 0 spiro atoms. The van der Waals surface area contributed by atoms with Gasteiger partial charge in [-0.3, -0.25) is 0 Å². The highest BCUT2D eigenvalue weighted by Crippen LogP contribution is 2.29. The number of hydrogen-bond acceptors (Lipinski definition) is 4. The number of rotatable bonds is 4. The summed E-state index contributed by atoms with van der Waals surface area (Å²) < 4.78 is 0. The van der Waals surface area contributed by atoms with Crippen molar-refractivity contribution in [2.45, 2.75) is 0 Å². The van der Waals surface area contributed by atoms with Gasteiger partial charge in [-0.1, -0.05) is 84.9 Å². The highest BCUT2D eigenvalue weighted by molar-refractivity contribution is 6.16. The highest BCUT2D eigenvalue weighted by Gasteiger charge is 2.18. The highest BCUT2D eigenvalue weighted by atomic mass is 14.9. The second-order valence-electron chi connectivity index (χ2n) is 7.16. The lowest BCUT2D eigenvalue weighted by atomic mass is 10.0. The third-order valence-electron chi connectivity index (χ3n) is 5.06. The first-order chi connectivity index (χ1) is 15.3. The van der Waals surface area contributed by atoms with Gasteiger partial charge in [0.2, 0.25) is 0 Å². The van der Waals surface area contributed by atoms with Crippen LogP contribution < -0.4 is 5.73 Å². The SMILES string of the molecule is Nc1ccccc1N=C(c1ccccc1)c1nc2ccccc2nc1-c1ccccc1. The molecular formula is C27H20N4. The van der Waals surface area contributed by atoms with Crippen molar-refractivity contribution in [1.29, 1.82) is 0 Å². The molecule has 148 valence electrons. The normalized spacial score (nSPS) is 11.5. The summed E-state index contributed by atoms with van der Waals surface area (Å²) in [4.78, 5) is 15.0. The molecule has 4 aromatic carbocycles. The van der Waals surface area contributed by atoms with E-state index in [9.17, 15) is 0 Å². The van der Waals surface area contributed by atoms with Crippen LogP contribution in [0.25, 0.3) is 22.3 Å². The van der Waals surface area contributed by atoms with Gasteiger partial charge < -0.3 is 5.73 Å². The summed E-state index contributed by atoms with van der Waals surface area (Å²) in [6.45, 7) is 0. The van der Waals surface area contributed by atoms with Crippen molar-refractivity contribution in [2.24, 2.45) is 4.99 Å². The molecular weight excluding hydrogens is 380 g/mol. The zero-order valence-corrected chi connectivity index (χ0v) is 16.8. The fourth-order valence-corrected chi connectivity index (χ4v) is 3.52. The lowest BCUT2D eigenvalue weighted by molar-refractivity contribution is 1.26. The number of nitrogens with two attached hydrogens (primary N) is 1. The molecule has 0 radical (unpaired) electrons. The number of benzene rings is 4. The lowest BCUT2D eigenvalue weighted by Crippen LogP contribution is -2.10. The minimum Gasteiger partial charge on any atom is -0.397 e. The molecule has 1 heterocycles. The number of nitrogens with zero attached hydrogens (tertiary/aromatic N) is 3. The number of nitrogen functional groups attached to an aromatic ring is 1. The number of aliphatic imine (C=N–C) groups is 1. The topological polar surface area (TPSA) is 64.2 Å². The van der Waals surface area contributed by atoms with E-state index in [1.807, 2.05) is 109 Å². The molecule has 5 rings (SSSR count). The van der Waals surface area contributed by atoms with Gasteiger partial charge in [-0.25, -0.2) is 15.0 Å². The second kappa shape index (κ2) is 8.20. The molecule has 1 aromatic heterocycles. The Hall–Kier alpha value is -4.31. The van der Waals surface area contributed by atoms with Gasteiger partial charge in [0.05, 0.1) is 33.8 Å². The van der Waals surface area contributed by atoms with E-state index in [0.29, 0.717) is 11.4 Å². The van der Waals surface area contributed by atoms with Gasteiger partial charge in [-0.15, -0.1) is 0 Å². The first-order valence-corrected chi connectivity index (χ1v) is 10.1. The number of fused-ring (bicyclic) bond motifs is 1. The predicted octanol–water partition coefficient (Wildman–Crippen LogP) is 6.05. The summed E-state index contributed by atoms with van der Waals surface area (Å²) >= 11 is 0. The van der Waals surface area contributed by atoms with Gasteiger partial charge in [0, 0.05) is 11.1 Å². The largest absolute Gasteiger partial charge is 0.397 e. The van der Waals surface area contributed by atoms with Crippen molar-refractivity contribution in [1.82, 2.24) is 9.97 Å². The van der Waals surface area contributed by atoms with Crippen LogP contribution in [0.5, 0.6) is 0 Å². The summed E-state index contributed by atoms with van der Waals surface area (Å²) in [7, 11) is 0. The van der Waals surface area contributed by atoms with Crippen LogP contribution in [-0.2, 0) is 0 Å². The van der Waals surface area contributed by atoms with Crippen LogP contribution in [0.2, 0.25) is 0 Å². The van der Waals surface area contributed by atoms with Crippen LogP contribution in [0, 0.1) is 0 Å². The van der Waals surface area contributed by atoms with E-state index in [-0.39, 0.29) is 0 Å². The third-order valence-corrected chi connectivity index (χ3v) is 5.06. The molecule has 0 aliphatic heterocycles. The van der Waals surface area contributed by atoms with Gasteiger partial charge >= 0.3 is 0 Å². The number of para-hydroxylation sites is 4. The Labute approximate surface area is 180 Å². The molecule has 31 heavy (non-hydrogen) atoms. The number of hydrogen-bond donors (Lipinski definition) is 1. The molecule has 0 saturated heterocycles. The maximum atomic E-state index is 6.22. The lowest BCUT2D eigenvalue weighted by Gasteiger charge is -2.13. The second-order valence-corrected chi connectivity index (χ2v) is 7.16. The third kappa shape index (κ3) is 3.79. The quantitative estimate of drug-likeness (QED) is 0.295. The first kappa shape index (κ1) is 18.7. The average Bonchev–Trinajstić information content (AvgIpc) is 2.84. The Morgan fingerprint density at radius 1 is 0.613 bits per heavy atom. The molecule has 2 N–H and O–H groups in total. The summed E-state index contributed by atoms with van der Waals surface area (Å²) in [6.07, 6.45) is 0. The molecule has 0 atom stereocenters. The van der Waals surface area contributed by atoms with Crippen LogP contribution in [0.4, 0.5) is 11.4 Å². The molecule has 0 unspecified atom stereocenters. The van der Waals surface area contributed by atoms with Crippen LogP contribution in [0.1, 0.15) is 11.3 Å². The monoisotopic (exact) mass is 400 g/mol. The summed E-state index contributed by atoms with van der Waals surface area (Å²) in [6, 6.07) is 35.6. The fraction of sp³-hybridized carbons (Fsp3) is 0. The van der Waals surface area contributed by atoms with Crippen molar-refractivity contribution in [3.8, 4) is 11.3 Å². The molecule has 0 bridgehead atoms. The number of aromatic nitrogens is 2. The van der Waals surface area contributed by atoms with E-state index < -0.39 is 0 Å². The zero-order valence-electron chi connectivity index (χ0n) is 16.8. The zero-order chi connectivity index (χ0) is 21.0. The molecule has 0 saturated carbocycles. The molecule has 0 fully saturated rings. The Kier molecular flexibility index (Phi) is 4.95. The van der Waals surface area contributed by atoms with Crippen molar-refractivity contribution in [3.05, 3.63) is 120 Å². The van der Waals surface area contributed by atoms with E-state index >= 15 is 0 Å². The van der Waals surface area contributed by atoms with Gasteiger partial charge in [-0.2, -0.15) is 0 Å². The van der Waals surface area contributed by atoms with E-state index in [4.69, 9.17) is 20.7 Å². The molecule has 5 aromatic rings. The Balaban J connectivity index is 1.84. The molecule has 0 aliphatic carbocycles. The molecule has 4 nitrogen and oxygen atoms in total. The smallest absolute Gasteiger partial charge is 0.116 e. The van der Waals surface area contributed by atoms with E-state index in [1.54, 1.807) is 0 Å². The van der Waals surface area contributed by atoms with Crippen molar-refractivity contribution >= 4 is 28.1 Å². The first-order valence-electron chi connectivity index (χ1n) is 10.1. The van der Waals surface area contributed by atoms with Gasteiger partial charge in [0.1, 0.15) is 5.69 Å². The van der Waals surface area contributed by atoms with Crippen molar-refractivity contribution in [3.63, 3.8) is 0 Å². The summed E-state index contributed by atoms with van der Waals surface area (Å²) in [5.41, 5.74) is 13.4. The molecule has 0 amide bonds. The van der Waals surface area contributed by atoms with E-state index in [2.05, 4.69) is 0 Å². The average molecular weight is 400 g/mol. The van der Waals surface area contributed by atoms with E-state index in [0.717, 1.165) is 39.3 Å². The Morgan fingerprint density at radius 2 is 1.19 bits per heavy atom. The van der Waals surface area contributed by atoms with Gasteiger partial charge in [-0.05, 0) is 24.3 Å². The maximum Gasteiger partial charge on any atom is 0.116 e. The Bertz CT molecular complexity index is 1380.